The van der Waals surface area contributed by atoms with Crippen LogP contribution in [-0.4, -0.2) is 25.0 Å². The molecule has 1 aliphatic rings. The molecule has 5 nitrogen and oxygen atoms in total. The van der Waals surface area contributed by atoms with Gasteiger partial charge in [-0.25, -0.2) is 4.39 Å². The molecule has 0 saturated heterocycles. The van der Waals surface area contributed by atoms with E-state index >= 15 is 0 Å². The molecule has 1 heterocycles. The van der Waals surface area contributed by atoms with Gasteiger partial charge >= 0.3 is 0 Å². The molecule has 0 atom stereocenters. The lowest BCUT2D eigenvalue weighted by molar-refractivity contribution is 0.0946. The highest BCUT2D eigenvalue weighted by atomic mass is 35.5. The molecular formula is C18H17Cl2FN4O. The molecular weight excluding hydrogens is 378 g/mol. The minimum atomic E-state index is -0.572. The Hall–Kier alpha value is -2.31. The van der Waals surface area contributed by atoms with Crippen molar-refractivity contribution in [1.29, 1.82) is 0 Å². The molecule has 0 saturated carbocycles. The number of halogens is 3. The second-order valence-corrected chi connectivity index (χ2v) is 6.57. The van der Waals surface area contributed by atoms with E-state index in [9.17, 15) is 9.18 Å². The molecule has 8 heteroatoms. The Bertz CT molecular complexity index is 857. The van der Waals surface area contributed by atoms with E-state index in [1.807, 2.05) is 0 Å². The number of nitrogens with zero attached hydrogens (tertiary/aromatic N) is 1. The minimum Gasteiger partial charge on any atom is -0.355 e. The number of amides is 1. The van der Waals surface area contributed by atoms with Gasteiger partial charge in [0.05, 0.1) is 22.2 Å². The maximum Gasteiger partial charge on any atom is 0.254 e. The second-order valence-electron chi connectivity index (χ2n) is 5.76. The summed E-state index contributed by atoms with van der Waals surface area (Å²) in [4.78, 5) is 16.6. The summed E-state index contributed by atoms with van der Waals surface area (Å²) in [6, 6.07) is 9.51. The van der Waals surface area contributed by atoms with Gasteiger partial charge in [0.1, 0.15) is 5.82 Å². The third kappa shape index (κ3) is 4.65. The molecule has 3 N–H and O–H groups in total. The summed E-state index contributed by atoms with van der Waals surface area (Å²) in [5, 5.41) is 9.73. The predicted octanol–water partition coefficient (Wildman–Crippen LogP) is 3.11. The van der Waals surface area contributed by atoms with Gasteiger partial charge in [0.15, 0.2) is 5.96 Å². The molecule has 0 aliphatic carbocycles. The molecule has 1 aliphatic heterocycles. The Kier molecular flexibility index (Phi) is 5.96. The van der Waals surface area contributed by atoms with Gasteiger partial charge in [-0.3, -0.25) is 9.79 Å². The number of hydrogen-bond acceptors (Lipinski definition) is 4. The van der Waals surface area contributed by atoms with Crippen LogP contribution in [0, 0.1) is 5.82 Å². The van der Waals surface area contributed by atoms with Gasteiger partial charge in [-0.15, -0.1) is 0 Å². The molecule has 0 bridgehead atoms. The van der Waals surface area contributed by atoms with Crippen molar-refractivity contribution < 1.29 is 9.18 Å². The van der Waals surface area contributed by atoms with Crippen LogP contribution in [0.3, 0.4) is 0 Å². The van der Waals surface area contributed by atoms with Gasteiger partial charge in [-0.05, 0) is 35.4 Å². The topological polar surface area (TPSA) is 65.5 Å². The first-order valence-corrected chi connectivity index (χ1v) is 8.81. The highest BCUT2D eigenvalue weighted by Crippen LogP contribution is 2.22. The number of carbonyl (C=O) groups excluding carboxylic acids is 1. The van der Waals surface area contributed by atoms with E-state index in [-0.39, 0.29) is 12.1 Å². The SMILES string of the molecule is O=C(NCc1ccc(Cl)c(Cl)c1)c1cc(CNC2=NCCN2)ccc1F. The lowest BCUT2D eigenvalue weighted by Crippen LogP contribution is -2.33. The Balaban J connectivity index is 1.63. The number of aliphatic imine (C=N–C) groups is 1. The van der Waals surface area contributed by atoms with Gasteiger partial charge in [0.25, 0.3) is 5.91 Å². The van der Waals surface area contributed by atoms with E-state index in [1.54, 1.807) is 24.3 Å². The quantitative estimate of drug-likeness (QED) is 0.729. The first kappa shape index (κ1) is 18.5. The molecule has 1 amide bonds. The minimum absolute atomic E-state index is 0.00863. The van der Waals surface area contributed by atoms with Crippen molar-refractivity contribution in [1.82, 2.24) is 16.0 Å². The number of benzene rings is 2. The average molecular weight is 395 g/mol. The molecule has 0 fully saturated rings. The van der Waals surface area contributed by atoms with Crippen LogP contribution < -0.4 is 16.0 Å². The fourth-order valence-corrected chi connectivity index (χ4v) is 2.81. The van der Waals surface area contributed by atoms with Crippen LogP contribution in [0.1, 0.15) is 21.5 Å². The van der Waals surface area contributed by atoms with Gasteiger partial charge < -0.3 is 16.0 Å². The largest absolute Gasteiger partial charge is 0.355 e. The Morgan fingerprint density at radius 2 is 1.88 bits per heavy atom. The molecule has 0 spiro atoms. The highest BCUT2D eigenvalue weighted by molar-refractivity contribution is 6.42. The van der Waals surface area contributed by atoms with Crippen LogP contribution in [0.5, 0.6) is 0 Å². The van der Waals surface area contributed by atoms with Crippen LogP contribution in [-0.2, 0) is 13.1 Å². The van der Waals surface area contributed by atoms with Gasteiger partial charge in [0, 0.05) is 19.6 Å². The van der Waals surface area contributed by atoms with Crippen molar-refractivity contribution in [2.24, 2.45) is 4.99 Å². The summed E-state index contributed by atoms with van der Waals surface area (Å²) in [5.41, 5.74) is 1.55. The standard InChI is InChI=1S/C18H17Cl2FN4O/c19-14-3-1-12(8-15(14)20)9-24-17(26)13-7-11(2-4-16(13)21)10-25-18-22-5-6-23-18/h1-4,7-8H,5-6,9-10H2,(H,24,26)(H2,22,23,25). The molecule has 2 aromatic rings. The molecule has 26 heavy (non-hydrogen) atoms. The molecule has 136 valence electrons. The average Bonchev–Trinajstić information content (AvgIpc) is 3.15. The maximum absolute atomic E-state index is 14.0. The summed E-state index contributed by atoms with van der Waals surface area (Å²) < 4.78 is 14.0. The summed E-state index contributed by atoms with van der Waals surface area (Å²) in [6.45, 7) is 2.19. The normalized spacial score (nSPS) is 13.1. The van der Waals surface area contributed by atoms with Crippen LogP contribution in [0.2, 0.25) is 10.0 Å². The van der Waals surface area contributed by atoms with Crippen molar-refractivity contribution in [2.45, 2.75) is 13.1 Å². The zero-order chi connectivity index (χ0) is 18.5. The van der Waals surface area contributed by atoms with Crippen molar-refractivity contribution in [3.05, 3.63) is 69.0 Å². The zero-order valence-electron chi connectivity index (χ0n) is 13.8. The number of guanidine groups is 1. The number of hydrogen-bond donors (Lipinski definition) is 3. The van der Waals surface area contributed by atoms with Crippen molar-refractivity contribution in [2.75, 3.05) is 13.1 Å². The van der Waals surface area contributed by atoms with Crippen molar-refractivity contribution >= 4 is 35.1 Å². The van der Waals surface area contributed by atoms with E-state index < -0.39 is 11.7 Å². The summed E-state index contributed by atoms with van der Waals surface area (Å²) in [7, 11) is 0. The predicted molar refractivity (Wildman–Crippen MR) is 101 cm³/mol. The van der Waals surface area contributed by atoms with E-state index in [0.29, 0.717) is 22.5 Å². The van der Waals surface area contributed by atoms with Crippen LogP contribution >= 0.6 is 23.2 Å². The highest BCUT2D eigenvalue weighted by Gasteiger charge is 2.13. The lowest BCUT2D eigenvalue weighted by Gasteiger charge is -2.10. The third-order valence-electron chi connectivity index (χ3n) is 3.85. The fourth-order valence-electron chi connectivity index (χ4n) is 2.49. The van der Waals surface area contributed by atoms with Crippen LogP contribution in [0.4, 0.5) is 4.39 Å². The Morgan fingerprint density at radius 1 is 1.12 bits per heavy atom. The van der Waals surface area contributed by atoms with E-state index in [0.717, 1.165) is 24.2 Å². The first-order valence-electron chi connectivity index (χ1n) is 8.05. The van der Waals surface area contributed by atoms with Crippen LogP contribution in [0.25, 0.3) is 0 Å². The molecule has 0 unspecified atom stereocenters. The summed E-state index contributed by atoms with van der Waals surface area (Å²) >= 11 is 11.8. The fraction of sp³-hybridized carbons (Fsp3) is 0.222. The maximum atomic E-state index is 14.0. The van der Waals surface area contributed by atoms with E-state index in [4.69, 9.17) is 23.2 Å². The molecule has 2 aromatic carbocycles. The Labute approximate surface area is 160 Å². The number of nitrogens with one attached hydrogen (secondary N) is 3. The molecule has 3 rings (SSSR count). The van der Waals surface area contributed by atoms with Gasteiger partial charge in [-0.1, -0.05) is 35.3 Å². The summed E-state index contributed by atoms with van der Waals surface area (Å²) in [5.74, 6) is -0.358. The smallest absolute Gasteiger partial charge is 0.254 e. The lowest BCUT2D eigenvalue weighted by atomic mass is 10.1. The van der Waals surface area contributed by atoms with Crippen molar-refractivity contribution in [3.63, 3.8) is 0 Å². The van der Waals surface area contributed by atoms with Gasteiger partial charge in [-0.2, -0.15) is 0 Å². The van der Waals surface area contributed by atoms with Gasteiger partial charge in [0.2, 0.25) is 0 Å². The van der Waals surface area contributed by atoms with E-state index in [2.05, 4.69) is 20.9 Å². The first-order chi connectivity index (χ1) is 12.5. The monoisotopic (exact) mass is 394 g/mol. The third-order valence-corrected chi connectivity index (χ3v) is 4.59. The second kappa shape index (κ2) is 8.38. The molecule has 0 radical (unpaired) electrons. The summed E-state index contributed by atoms with van der Waals surface area (Å²) in [6.07, 6.45) is 0. The van der Waals surface area contributed by atoms with Crippen LogP contribution in [0.15, 0.2) is 41.4 Å². The Morgan fingerprint density at radius 3 is 2.62 bits per heavy atom. The van der Waals surface area contributed by atoms with Crippen molar-refractivity contribution in [3.8, 4) is 0 Å². The number of rotatable bonds is 5. The number of carbonyl (C=O) groups is 1. The molecule has 0 aromatic heterocycles. The van der Waals surface area contributed by atoms with E-state index in [1.165, 1.54) is 12.1 Å². The zero-order valence-corrected chi connectivity index (χ0v) is 15.3.